The summed E-state index contributed by atoms with van der Waals surface area (Å²) in [5.41, 5.74) is 1.60. The fourth-order valence-corrected chi connectivity index (χ4v) is 3.14. The molecule has 2 atom stereocenters. The Hall–Kier alpha value is -2.54. The second-order valence-corrected chi connectivity index (χ2v) is 6.79. The maximum absolute atomic E-state index is 12.5. The lowest BCUT2D eigenvalue weighted by molar-refractivity contribution is -0.133. The first kappa shape index (κ1) is 16.0. The van der Waals surface area contributed by atoms with Gasteiger partial charge in [-0.15, -0.1) is 0 Å². The van der Waals surface area contributed by atoms with Crippen LogP contribution in [0.1, 0.15) is 12.6 Å². The van der Waals surface area contributed by atoms with Crippen LogP contribution in [0.2, 0.25) is 0 Å². The summed E-state index contributed by atoms with van der Waals surface area (Å²) in [6.07, 6.45) is 2.75. The van der Waals surface area contributed by atoms with E-state index >= 15 is 0 Å². The summed E-state index contributed by atoms with van der Waals surface area (Å²) in [4.78, 5) is 17.0. The molecule has 6 nitrogen and oxygen atoms in total. The molecule has 0 saturated carbocycles. The first-order valence-corrected chi connectivity index (χ1v) is 8.72. The van der Waals surface area contributed by atoms with Crippen molar-refractivity contribution in [3.8, 4) is 11.5 Å². The molecule has 4 rings (SSSR count). The molecule has 3 aromatic rings. The Morgan fingerprint density at radius 2 is 1.96 bits per heavy atom. The fourth-order valence-electron chi connectivity index (χ4n) is 2.79. The van der Waals surface area contributed by atoms with Crippen molar-refractivity contribution < 1.29 is 14.3 Å². The Bertz CT molecular complexity index is 940. The zero-order chi connectivity index (χ0) is 17.4. The van der Waals surface area contributed by atoms with Gasteiger partial charge in [0, 0.05) is 16.9 Å². The van der Waals surface area contributed by atoms with Gasteiger partial charge in [-0.3, -0.25) is 4.79 Å². The molecule has 1 aliphatic heterocycles. The van der Waals surface area contributed by atoms with Crippen molar-refractivity contribution >= 4 is 27.5 Å². The molecule has 0 saturated heterocycles. The summed E-state index contributed by atoms with van der Waals surface area (Å²) in [5.74, 6) is 1.02. The second-order valence-electron chi connectivity index (χ2n) is 5.87. The van der Waals surface area contributed by atoms with Gasteiger partial charge in [0.1, 0.15) is 11.8 Å². The highest BCUT2D eigenvalue weighted by molar-refractivity contribution is 9.10. The monoisotopic (exact) mass is 401 g/mol. The normalized spacial score (nSPS) is 19.0. The SMILES string of the molecule is C[C@H]1Oc2ccccc2O[C@@H]1C(=O)NCc1cn2cc(Br)ccc2n1. The number of fused-ring (bicyclic) bond motifs is 2. The van der Waals surface area contributed by atoms with Crippen LogP contribution in [0.3, 0.4) is 0 Å². The van der Waals surface area contributed by atoms with Crippen LogP contribution in [0.5, 0.6) is 11.5 Å². The van der Waals surface area contributed by atoms with Gasteiger partial charge in [-0.05, 0) is 47.1 Å². The van der Waals surface area contributed by atoms with Crippen molar-refractivity contribution in [2.75, 3.05) is 0 Å². The Morgan fingerprint density at radius 3 is 2.76 bits per heavy atom. The van der Waals surface area contributed by atoms with E-state index in [9.17, 15) is 4.79 Å². The number of nitrogens with zero attached hydrogens (tertiary/aromatic N) is 2. The average Bonchev–Trinajstić information content (AvgIpc) is 3.01. The number of benzene rings is 1. The highest BCUT2D eigenvalue weighted by atomic mass is 79.9. The van der Waals surface area contributed by atoms with E-state index in [4.69, 9.17) is 9.47 Å². The van der Waals surface area contributed by atoms with E-state index in [1.807, 2.05) is 54.0 Å². The highest BCUT2D eigenvalue weighted by Crippen LogP contribution is 2.33. The van der Waals surface area contributed by atoms with E-state index in [0.717, 1.165) is 15.8 Å². The molecule has 1 amide bonds. The quantitative estimate of drug-likeness (QED) is 0.732. The molecule has 1 aromatic carbocycles. The van der Waals surface area contributed by atoms with E-state index < -0.39 is 6.10 Å². The number of nitrogens with one attached hydrogen (secondary N) is 1. The molecular formula is C18H16BrN3O3. The Morgan fingerprint density at radius 1 is 1.20 bits per heavy atom. The van der Waals surface area contributed by atoms with Crippen LogP contribution >= 0.6 is 15.9 Å². The van der Waals surface area contributed by atoms with Crippen LogP contribution < -0.4 is 14.8 Å². The maximum Gasteiger partial charge on any atom is 0.265 e. The van der Waals surface area contributed by atoms with Crippen molar-refractivity contribution in [3.05, 3.63) is 59.0 Å². The third-order valence-corrected chi connectivity index (χ3v) is 4.48. The molecule has 25 heavy (non-hydrogen) atoms. The Labute approximate surface area is 152 Å². The summed E-state index contributed by atoms with van der Waals surface area (Å²) in [7, 11) is 0. The van der Waals surface area contributed by atoms with Gasteiger partial charge in [-0.25, -0.2) is 4.98 Å². The van der Waals surface area contributed by atoms with Crippen molar-refractivity contribution in [2.45, 2.75) is 25.7 Å². The zero-order valence-corrected chi connectivity index (χ0v) is 15.1. The van der Waals surface area contributed by atoms with Gasteiger partial charge in [0.2, 0.25) is 6.10 Å². The van der Waals surface area contributed by atoms with Gasteiger partial charge in [0.15, 0.2) is 11.5 Å². The first-order valence-electron chi connectivity index (χ1n) is 7.93. The number of halogens is 1. The summed E-state index contributed by atoms with van der Waals surface area (Å²) >= 11 is 3.43. The molecular weight excluding hydrogens is 386 g/mol. The zero-order valence-electron chi connectivity index (χ0n) is 13.5. The minimum absolute atomic E-state index is 0.222. The molecule has 0 spiro atoms. The summed E-state index contributed by atoms with van der Waals surface area (Å²) in [6, 6.07) is 11.2. The second kappa shape index (κ2) is 6.40. The van der Waals surface area contributed by atoms with Gasteiger partial charge in [-0.2, -0.15) is 0 Å². The molecule has 0 unspecified atom stereocenters. The van der Waals surface area contributed by atoms with Crippen molar-refractivity contribution in [3.63, 3.8) is 0 Å². The standard InChI is InChI=1S/C18H16BrN3O3/c1-11-17(25-15-5-3-2-4-14(15)24-11)18(23)20-8-13-10-22-9-12(19)6-7-16(22)21-13/h2-7,9-11,17H,8H2,1H3,(H,20,23)/t11-,17+/m1/s1. The third kappa shape index (κ3) is 3.19. The topological polar surface area (TPSA) is 64.9 Å². The van der Waals surface area contributed by atoms with E-state index in [1.54, 1.807) is 6.07 Å². The van der Waals surface area contributed by atoms with Gasteiger partial charge in [0.05, 0.1) is 12.2 Å². The van der Waals surface area contributed by atoms with Crippen molar-refractivity contribution in [2.24, 2.45) is 0 Å². The Kier molecular flexibility index (Phi) is 4.09. The van der Waals surface area contributed by atoms with E-state index in [0.29, 0.717) is 18.0 Å². The number of amides is 1. The first-order chi connectivity index (χ1) is 12.1. The third-order valence-electron chi connectivity index (χ3n) is 4.01. The number of carbonyl (C=O) groups is 1. The van der Waals surface area contributed by atoms with Crippen LogP contribution in [0.25, 0.3) is 5.65 Å². The molecule has 0 radical (unpaired) electrons. The molecule has 1 N–H and O–H groups in total. The predicted molar refractivity (Wildman–Crippen MR) is 95.7 cm³/mol. The number of hydrogen-bond donors (Lipinski definition) is 1. The van der Waals surface area contributed by atoms with Crippen LogP contribution in [0, 0.1) is 0 Å². The minimum atomic E-state index is -0.693. The average molecular weight is 402 g/mol. The number of rotatable bonds is 3. The molecule has 128 valence electrons. The summed E-state index contributed by atoms with van der Waals surface area (Å²) < 4.78 is 14.4. The molecule has 1 aliphatic rings. The summed E-state index contributed by atoms with van der Waals surface area (Å²) in [5, 5.41) is 2.87. The number of pyridine rings is 1. The van der Waals surface area contributed by atoms with Gasteiger partial charge < -0.3 is 19.2 Å². The maximum atomic E-state index is 12.5. The van der Waals surface area contributed by atoms with E-state index in [-0.39, 0.29) is 12.0 Å². The highest BCUT2D eigenvalue weighted by Gasteiger charge is 2.33. The lowest BCUT2D eigenvalue weighted by Crippen LogP contribution is -2.48. The lowest BCUT2D eigenvalue weighted by Gasteiger charge is -2.30. The van der Waals surface area contributed by atoms with Gasteiger partial charge in [-0.1, -0.05) is 12.1 Å². The van der Waals surface area contributed by atoms with Crippen LogP contribution in [-0.2, 0) is 11.3 Å². The fraction of sp³-hybridized carbons (Fsp3) is 0.222. The molecule has 7 heteroatoms. The van der Waals surface area contributed by atoms with Crippen molar-refractivity contribution in [1.29, 1.82) is 0 Å². The number of carbonyl (C=O) groups excluding carboxylic acids is 1. The van der Waals surface area contributed by atoms with Gasteiger partial charge >= 0.3 is 0 Å². The number of ether oxygens (including phenoxy) is 2. The van der Waals surface area contributed by atoms with Crippen LogP contribution in [0.15, 0.2) is 53.3 Å². The molecule has 0 aliphatic carbocycles. The minimum Gasteiger partial charge on any atom is -0.482 e. The van der Waals surface area contributed by atoms with Crippen molar-refractivity contribution in [1.82, 2.24) is 14.7 Å². The number of hydrogen-bond acceptors (Lipinski definition) is 4. The molecule has 3 heterocycles. The molecule has 0 fully saturated rings. The lowest BCUT2D eigenvalue weighted by atomic mass is 10.1. The van der Waals surface area contributed by atoms with E-state index in [1.165, 1.54) is 0 Å². The van der Waals surface area contributed by atoms with Gasteiger partial charge in [0.25, 0.3) is 5.91 Å². The number of imidazole rings is 1. The smallest absolute Gasteiger partial charge is 0.265 e. The Balaban J connectivity index is 1.44. The number of para-hydroxylation sites is 2. The summed E-state index contributed by atoms with van der Waals surface area (Å²) in [6.45, 7) is 2.15. The number of aromatic nitrogens is 2. The van der Waals surface area contributed by atoms with Crippen LogP contribution in [-0.4, -0.2) is 27.5 Å². The van der Waals surface area contributed by atoms with Crippen LogP contribution in [0.4, 0.5) is 0 Å². The largest absolute Gasteiger partial charge is 0.482 e. The predicted octanol–water partition coefficient (Wildman–Crippen LogP) is 2.94. The molecule has 0 bridgehead atoms. The molecule has 2 aromatic heterocycles. The van der Waals surface area contributed by atoms with E-state index in [2.05, 4.69) is 26.2 Å².